The first-order valence-corrected chi connectivity index (χ1v) is 11.5. The number of rotatable bonds is 9. The quantitative estimate of drug-likeness (QED) is 0.343. The van der Waals surface area contributed by atoms with E-state index in [0.29, 0.717) is 0 Å². The number of thiophene rings is 3. The minimum Gasteiger partial charge on any atom is -0.297 e. The van der Waals surface area contributed by atoms with Gasteiger partial charge in [0.1, 0.15) is 0 Å². The monoisotopic (exact) mass is 388 g/mol. The van der Waals surface area contributed by atoms with Gasteiger partial charge in [0, 0.05) is 19.5 Å². The second-order valence-electron chi connectivity index (χ2n) is 6.22. The van der Waals surface area contributed by atoms with Gasteiger partial charge >= 0.3 is 0 Å². The van der Waals surface area contributed by atoms with Crippen LogP contribution >= 0.6 is 34.0 Å². The lowest BCUT2D eigenvalue weighted by molar-refractivity contribution is 0.112. The van der Waals surface area contributed by atoms with Crippen LogP contribution in [0.5, 0.6) is 0 Å². The van der Waals surface area contributed by atoms with Crippen molar-refractivity contribution < 1.29 is 4.79 Å². The van der Waals surface area contributed by atoms with Gasteiger partial charge in [0.2, 0.25) is 0 Å². The van der Waals surface area contributed by atoms with Crippen LogP contribution in [0, 0.1) is 0 Å². The average Bonchev–Trinajstić information content (AvgIpc) is 3.36. The van der Waals surface area contributed by atoms with E-state index in [-0.39, 0.29) is 0 Å². The summed E-state index contributed by atoms with van der Waals surface area (Å²) in [6.45, 7) is 4.52. The summed E-state index contributed by atoms with van der Waals surface area (Å²) in [7, 11) is 0. The van der Waals surface area contributed by atoms with Crippen molar-refractivity contribution >= 4 is 40.3 Å². The summed E-state index contributed by atoms with van der Waals surface area (Å²) >= 11 is 5.38. The van der Waals surface area contributed by atoms with E-state index in [4.69, 9.17) is 0 Å². The fraction of sp³-hybridized carbons (Fsp3) is 0.381. The summed E-state index contributed by atoms with van der Waals surface area (Å²) in [5, 5.41) is 2.17. The van der Waals surface area contributed by atoms with Crippen LogP contribution in [0.4, 0.5) is 0 Å². The Morgan fingerprint density at radius 2 is 1.56 bits per heavy atom. The van der Waals surface area contributed by atoms with E-state index in [2.05, 4.69) is 37.4 Å². The van der Waals surface area contributed by atoms with Gasteiger partial charge in [-0.15, -0.1) is 34.0 Å². The zero-order valence-electron chi connectivity index (χ0n) is 14.8. The predicted molar refractivity (Wildman–Crippen MR) is 114 cm³/mol. The van der Waals surface area contributed by atoms with Gasteiger partial charge in [0.15, 0.2) is 6.29 Å². The van der Waals surface area contributed by atoms with Crippen molar-refractivity contribution in [2.45, 2.75) is 52.4 Å². The molecule has 4 heteroatoms. The van der Waals surface area contributed by atoms with Gasteiger partial charge in [-0.3, -0.25) is 4.79 Å². The summed E-state index contributed by atoms with van der Waals surface area (Å²) < 4.78 is 0. The molecule has 3 aromatic heterocycles. The Labute approximate surface area is 162 Å². The third-order valence-corrected chi connectivity index (χ3v) is 7.90. The van der Waals surface area contributed by atoms with Crippen LogP contribution in [0.2, 0.25) is 0 Å². The third kappa shape index (κ3) is 4.13. The fourth-order valence-electron chi connectivity index (χ4n) is 3.08. The van der Waals surface area contributed by atoms with Crippen LogP contribution in [0.25, 0.3) is 19.5 Å². The SMILES string of the molecule is CCCCc1c(-c2cccs2)sc(-c2ccc(C=O)s2)c1CCCC. The van der Waals surface area contributed by atoms with E-state index >= 15 is 0 Å². The molecule has 0 unspecified atom stereocenters. The number of carbonyl (C=O) groups is 1. The minimum atomic E-state index is 0.817. The molecule has 3 heterocycles. The van der Waals surface area contributed by atoms with Gasteiger partial charge in [-0.2, -0.15) is 0 Å². The molecule has 25 heavy (non-hydrogen) atoms. The highest BCUT2D eigenvalue weighted by molar-refractivity contribution is 7.26. The molecule has 1 nitrogen and oxygen atoms in total. The van der Waals surface area contributed by atoms with Gasteiger partial charge in [-0.25, -0.2) is 0 Å². The molecule has 0 aliphatic carbocycles. The maximum absolute atomic E-state index is 11.1. The van der Waals surface area contributed by atoms with Gasteiger partial charge in [-0.05, 0) is 60.4 Å². The van der Waals surface area contributed by atoms with E-state index in [9.17, 15) is 4.79 Å². The van der Waals surface area contributed by atoms with Crippen LogP contribution in [-0.4, -0.2) is 6.29 Å². The lowest BCUT2D eigenvalue weighted by Crippen LogP contribution is -1.94. The van der Waals surface area contributed by atoms with E-state index in [1.54, 1.807) is 16.9 Å². The maximum atomic E-state index is 11.1. The number of hydrogen-bond acceptors (Lipinski definition) is 4. The van der Waals surface area contributed by atoms with Crippen molar-refractivity contribution in [3.05, 3.63) is 45.6 Å². The first-order valence-electron chi connectivity index (χ1n) is 9.02. The van der Waals surface area contributed by atoms with E-state index in [0.717, 1.165) is 24.0 Å². The molecule has 0 aliphatic rings. The van der Waals surface area contributed by atoms with Crippen molar-refractivity contribution in [3.8, 4) is 19.5 Å². The first-order chi connectivity index (χ1) is 12.3. The molecule has 0 aromatic carbocycles. The molecule has 132 valence electrons. The van der Waals surface area contributed by atoms with Crippen molar-refractivity contribution in [1.29, 1.82) is 0 Å². The number of unbranched alkanes of at least 4 members (excludes halogenated alkanes) is 2. The highest BCUT2D eigenvalue weighted by Crippen LogP contribution is 2.46. The zero-order chi connectivity index (χ0) is 17.6. The predicted octanol–water partition coefficient (Wildman–Crippen LogP) is 7.70. The van der Waals surface area contributed by atoms with Crippen LogP contribution in [-0.2, 0) is 12.8 Å². The molecule has 3 aromatic rings. The number of carbonyl (C=O) groups excluding carboxylic acids is 1. The molecule has 0 bridgehead atoms. The van der Waals surface area contributed by atoms with E-state index in [1.165, 1.54) is 50.8 Å². The highest BCUT2D eigenvalue weighted by atomic mass is 32.1. The Kier molecular flexibility index (Phi) is 6.63. The Morgan fingerprint density at radius 1 is 0.880 bits per heavy atom. The molecule has 0 spiro atoms. The minimum absolute atomic E-state index is 0.817. The summed E-state index contributed by atoms with van der Waals surface area (Å²) in [4.78, 5) is 17.4. The van der Waals surface area contributed by atoms with Gasteiger partial charge in [-0.1, -0.05) is 32.8 Å². The van der Waals surface area contributed by atoms with Crippen molar-refractivity contribution in [1.82, 2.24) is 0 Å². The second kappa shape index (κ2) is 8.93. The Bertz CT molecular complexity index is 808. The third-order valence-electron chi connectivity index (χ3n) is 4.39. The summed E-state index contributed by atoms with van der Waals surface area (Å²) in [5.41, 5.74) is 3.09. The van der Waals surface area contributed by atoms with Crippen molar-refractivity contribution in [2.24, 2.45) is 0 Å². The Morgan fingerprint density at radius 3 is 2.08 bits per heavy atom. The molecule has 0 saturated heterocycles. The Hall–Kier alpha value is -1.23. The number of aldehydes is 1. The molecule has 0 N–H and O–H groups in total. The molecule has 0 atom stereocenters. The molecule has 0 saturated carbocycles. The lowest BCUT2D eigenvalue weighted by atomic mass is 9.97. The Balaban J connectivity index is 2.12. The summed E-state index contributed by atoms with van der Waals surface area (Å²) in [6, 6.07) is 8.46. The smallest absolute Gasteiger partial charge is 0.160 e. The fourth-order valence-corrected chi connectivity index (χ4v) is 6.32. The topological polar surface area (TPSA) is 17.1 Å². The standard InChI is InChI=1S/C21H24OS3/c1-3-5-8-16-17(9-6-4-2)21(19-12-11-15(14-22)24-19)25-20(16)18-10-7-13-23-18/h7,10-14H,3-6,8-9H2,1-2H3. The maximum Gasteiger partial charge on any atom is 0.160 e. The summed E-state index contributed by atoms with van der Waals surface area (Å²) in [6.07, 6.45) is 8.14. The summed E-state index contributed by atoms with van der Waals surface area (Å²) in [5.74, 6) is 0. The number of hydrogen-bond donors (Lipinski definition) is 0. The molecule has 3 rings (SSSR count). The molecular formula is C21H24OS3. The molecule has 0 aliphatic heterocycles. The first kappa shape index (κ1) is 18.6. The van der Waals surface area contributed by atoms with E-state index < -0.39 is 0 Å². The normalized spacial score (nSPS) is 11.1. The molecule has 0 radical (unpaired) electrons. The lowest BCUT2D eigenvalue weighted by Gasteiger charge is -2.08. The second-order valence-corrected chi connectivity index (χ2v) is 9.31. The molecule has 0 fully saturated rings. The van der Waals surface area contributed by atoms with E-state index in [1.807, 2.05) is 28.7 Å². The van der Waals surface area contributed by atoms with Crippen molar-refractivity contribution in [3.63, 3.8) is 0 Å². The molecular weight excluding hydrogens is 364 g/mol. The van der Waals surface area contributed by atoms with Crippen LogP contribution < -0.4 is 0 Å². The van der Waals surface area contributed by atoms with Gasteiger partial charge < -0.3 is 0 Å². The van der Waals surface area contributed by atoms with Crippen LogP contribution in [0.3, 0.4) is 0 Å². The zero-order valence-corrected chi connectivity index (χ0v) is 17.3. The van der Waals surface area contributed by atoms with Crippen LogP contribution in [0.15, 0.2) is 29.6 Å². The van der Waals surface area contributed by atoms with Gasteiger partial charge in [0.25, 0.3) is 0 Å². The highest BCUT2D eigenvalue weighted by Gasteiger charge is 2.21. The van der Waals surface area contributed by atoms with Crippen LogP contribution in [0.1, 0.15) is 60.3 Å². The van der Waals surface area contributed by atoms with Gasteiger partial charge in [0.05, 0.1) is 4.88 Å². The average molecular weight is 389 g/mol. The van der Waals surface area contributed by atoms with Crippen molar-refractivity contribution in [2.75, 3.05) is 0 Å². The largest absolute Gasteiger partial charge is 0.297 e. The molecule has 0 amide bonds.